The molecule has 1 aliphatic rings. The van der Waals surface area contributed by atoms with Crippen LogP contribution < -0.4 is 5.32 Å². The first-order valence-electron chi connectivity index (χ1n) is 9.91. The SMILES string of the molecule is C.CC(O)c1cc(C(=O)NCC2CCN(C(=O)OCc3ccccc3)CC2)ccn1. The van der Waals surface area contributed by atoms with Crippen LogP contribution in [-0.4, -0.2) is 46.6 Å². The van der Waals surface area contributed by atoms with Crippen molar-refractivity contribution in [1.29, 1.82) is 0 Å². The van der Waals surface area contributed by atoms with E-state index in [0.717, 1.165) is 18.4 Å². The number of piperidine rings is 1. The minimum Gasteiger partial charge on any atom is -0.445 e. The van der Waals surface area contributed by atoms with Gasteiger partial charge >= 0.3 is 6.09 Å². The van der Waals surface area contributed by atoms with Gasteiger partial charge in [0.05, 0.1) is 11.8 Å². The predicted octanol–water partition coefficient (Wildman–Crippen LogP) is 3.55. The average Bonchev–Trinajstić information content (AvgIpc) is 2.77. The van der Waals surface area contributed by atoms with Crippen LogP contribution in [0.15, 0.2) is 48.7 Å². The van der Waals surface area contributed by atoms with Crippen LogP contribution in [0.2, 0.25) is 0 Å². The van der Waals surface area contributed by atoms with Crippen LogP contribution in [-0.2, 0) is 11.3 Å². The predicted molar refractivity (Wildman–Crippen MR) is 115 cm³/mol. The normalized spacial score (nSPS) is 15.1. The second kappa shape index (κ2) is 11.3. The Kier molecular flexibility index (Phi) is 8.80. The van der Waals surface area contributed by atoms with Gasteiger partial charge < -0.3 is 20.1 Å². The number of nitrogens with zero attached hydrogens (tertiary/aromatic N) is 2. The van der Waals surface area contributed by atoms with E-state index in [0.29, 0.717) is 36.8 Å². The van der Waals surface area contributed by atoms with Crippen LogP contribution in [0.5, 0.6) is 0 Å². The number of pyridine rings is 1. The van der Waals surface area contributed by atoms with E-state index < -0.39 is 6.10 Å². The number of carbonyl (C=O) groups excluding carboxylic acids is 2. The number of hydrogen-bond donors (Lipinski definition) is 2. The molecule has 7 nitrogen and oxygen atoms in total. The van der Waals surface area contributed by atoms with Gasteiger partial charge in [0.1, 0.15) is 6.61 Å². The maximum Gasteiger partial charge on any atom is 0.410 e. The van der Waals surface area contributed by atoms with Crippen LogP contribution in [0.3, 0.4) is 0 Å². The fourth-order valence-electron chi connectivity index (χ4n) is 3.29. The van der Waals surface area contributed by atoms with Crippen LogP contribution in [0.25, 0.3) is 0 Å². The van der Waals surface area contributed by atoms with E-state index in [1.165, 1.54) is 6.20 Å². The number of ether oxygens (including phenoxy) is 1. The summed E-state index contributed by atoms with van der Waals surface area (Å²) in [7, 11) is 0. The van der Waals surface area contributed by atoms with Gasteiger partial charge in [0.2, 0.25) is 0 Å². The maximum absolute atomic E-state index is 12.3. The summed E-state index contributed by atoms with van der Waals surface area (Å²) in [6.07, 6.45) is 2.15. The number of aliphatic hydroxyl groups is 1. The van der Waals surface area contributed by atoms with Crippen LogP contribution in [0, 0.1) is 5.92 Å². The van der Waals surface area contributed by atoms with Crippen molar-refractivity contribution in [2.24, 2.45) is 5.92 Å². The molecule has 2 N–H and O–H groups in total. The number of hydrogen-bond acceptors (Lipinski definition) is 5. The Bertz CT molecular complexity index is 818. The molecule has 7 heteroatoms. The van der Waals surface area contributed by atoms with Crippen molar-refractivity contribution in [3.05, 3.63) is 65.5 Å². The lowest BCUT2D eigenvalue weighted by molar-refractivity contribution is 0.0800. The number of amides is 2. The van der Waals surface area contributed by atoms with Crippen molar-refractivity contribution in [2.45, 2.75) is 39.9 Å². The standard InChI is InChI=1S/C22H27N3O4.CH4/c1-16(26)20-13-19(7-10-23-20)21(27)24-14-17-8-11-25(12-9-17)22(28)29-15-18-5-3-2-4-6-18;/h2-7,10,13,16-17,26H,8-9,11-12,14-15H2,1H3,(H,24,27);1H4. The molecule has 2 heterocycles. The molecule has 2 aromatic rings. The van der Waals surface area contributed by atoms with Gasteiger partial charge in [0, 0.05) is 31.4 Å². The average molecular weight is 414 g/mol. The molecule has 0 bridgehead atoms. The number of likely N-dealkylation sites (tertiary alicyclic amines) is 1. The van der Waals surface area contributed by atoms with E-state index in [1.807, 2.05) is 30.3 Å². The van der Waals surface area contributed by atoms with E-state index in [1.54, 1.807) is 24.0 Å². The number of benzene rings is 1. The first-order valence-corrected chi connectivity index (χ1v) is 9.91. The van der Waals surface area contributed by atoms with Gasteiger partial charge in [0.15, 0.2) is 0 Å². The van der Waals surface area contributed by atoms with E-state index in [9.17, 15) is 14.7 Å². The summed E-state index contributed by atoms with van der Waals surface area (Å²) in [6, 6.07) is 12.8. The lowest BCUT2D eigenvalue weighted by atomic mass is 9.97. The molecular weight excluding hydrogens is 382 g/mol. The summed E-state index contributed by atoms with van der Waals surface area (Å²) in [6.45, 7) is 3.68. The first kappa shape index (κ1) is 23.3. The molecule has 1 saturated heterocycles. The van der Waals surface area contributed by atoms with Crippen molar-refractivity contribution in [3.63, 3.8) is 0 Å². The molecule has 1 aliphatic heterocycles. The summed E-state index contributed by atoms with van der Waals surface area (Å²) in [5.41, 5.74) is 1.92. The number of nitrogens with one attached hydrogen (secondary N) is 1. The fraction of sp³-hybridized carbons (Fsp3) is 0.435. The molecule has 162 valence electrons. The zero-order valence-corrected chi connectivity index (χ0v) is 16.6. The molecule has 0 saturated carbocycles. The van der Waals surface area contributed by atoms with Crippen LogP contribution >= 0.6 is 0 Å². The van der Waals surface area contributed by atoms with E-state index in [-0.39, 0.29) is 26.0 Å². The highest BCUT2D eigenvalue weighted by molar-refractivity contribution is 5.94. The summed E-state index contributed by atoms with van der Waals surface area (Å²) in [5, 5.41) is 12.5. The molecule has 0 aliphatic carbocycles. The van der Waals surface area contributed by atoms with Gasteiger partial charge in [-0.2, -0.15) is 0 Å². The molecule has 2 amide bonds. The third kappa shape index (κ3) is 6.56. The molecule has 30 heavy (non-hydrogen) atoms. The molecule has 3 rings (SSSR count). The van der Waals surface area contributed by atoms with Gasteiger partial charge in [-0.05, 0) is 43.4 Å². The molecule has 0 spiro atoms. The fourth-order valence-corrected chi connectivity index (χ4v) is 3.29. The monoisotopic (exact) mass is 413 g/mol. The van der Waals surface area contributed by atoms with E-state index >= 15 is 0 Å². The van der Waals surface area contributed by atoms with Gasteiger partial charge in [-0.15, -0.1) is 0 Å². The molecule has 1 aromatic heterocycles. The third-order valence-corrected chi connectivity index (χ3v) is 5.10. The Labute approximate surface area is 178 Å². The lowest BCUT2D eigenvalue weighted by Gasteiger charge is -2.31. The van der Waals surface area contributed by atoms with E-state index in [2.05, 4.69) is 10.3 Å². The summed E-state index contributed by atoms with van der Waals surface area (Å²) in [5.74, 6) is 0.134. The Morgan fingerprint density at radius 1 is 1.23 bits per heavy atom. The van der Waals surface area contributed by atoms with Crippen molar-refractivity contribution in [1.82, 2.24) is 15.2 Å². The summed E-state index contributed by atoms with van der Waals surface area (Å²) < 4.78 is 5.38. The Morgan fingerprint density at radius 3 is 2.60 bits per heavy atom. The Balaban J connectivity index is 0.00000320. The zero-order valence-electron chi connectivity index (χ0n) is 16.6. The number of rotatable bonds is 6. The van der Waals surface area contributed by atoms with Crippen molar-refractivity contribution >= 4 is 12.0 Å². The number of aliphatic hydroxyl groups excluding tert-OH is 1. The quantitative estimate of drug-likeness (QED) is 0.756. The highest BCUT2D eigenvalue weighted by atomic mass is 16.6. The third-order valence-electron chi connectivity index (χ3n) is 5.10. The van der Waals surface area contributed by atoms with Crippen LogP contribution in [0.4, 0.5) is 4.79 Å². The van der Waals surface area contributed by atoms with Gasteiger partial charge in [-0.1, -0.05) is 37.8 Å². The van der Waals surface area contributed by atoms with Gasteiger partial charge in [-0.25, -0.2) is 4.79 Å². The first-order chi connectivity index (χ1) is 14.0. The number of carbonyl (C=O) groups is 2. The minimum absolute atomic E-state index is 0. The largest absolute Gasteiger partial charge is 0.445 e. The second-order valence-corrected chi connectivity index (χ2v) is 7.33. The molecule has 1 atom stereocenters. The molecule has 0 radical (unpaired) electrons. The molecule has 1 aromatic carbocycles. The number of aromatic nitrogens is 1. The Hall–Kier alpha value is -2.93. The maximum atomic E-state index is 12.3. The van der Waals surface area contributed by atoms with E-state index in [4.69, 9.17) is 4.74 Å². The van der Waals surface area contributed by atoms with Crippen molar-refractivity contribution in [2.75, 3.05) is 19.6 Å². The van der Waals surface area contributed by atoms with Crippen LogP contribution in [0.1, 0.15) is 54.9 Å². The highest BCUT2D eigenvalue weighted by Crippen LogP contribution is 2.18. The van der Waals surface area contributed by atoms with Gasteiger partial charge in [0.25, 0.3) is 5.91 Å². The Morgan fingerprint density at radius 2 is 1.93 bits per heavy atom. The highest BCUT2D eigenvalue weighted by Gasteiger charge is 2.24. The second-order valence-electron chi connectivity index (χ2n) is 7.33. The summed E-state index contributed by atoms with van der Waals surface area (Å²) >= 11 is 0. The van der Waals surface area contributed by atoms with Crippen molar-refractivity contribution < 1.29 is 19.4 Å². The van der Waals surface area contributed by atoms with Crippen molar-refractivity contribution in [3.8, 4) is 0 Å². The smallest absolute Gasteiger partial charge is 0.410 e. The minimum atomic E-state index is -0.714. The molecule has 1 unspecified atom stereocenters. The van der Waals surface area contributed by atoms with Gasteiger partial charge in [-0.3, -0.25) is 9.78 Å². The lowest BCUT2D eigenvalue weighted by Crippen LogP contribution is -2.41. The molecule has 1 fully saturated rings. The summed E-state index contributed by atoms with van der Waals surface area (Å²) in [4.78, 5) is 30.3. The molecular formula is C23H31N3O4. The topological polar surface area (TPSA) is 91.8 Å². The zero-order chi connectivity index (χ0) is 20.6.